The number of piperidine rings is 1. The lowest BCUT2D eigenvalue weighted by atomic mass is 9.71. The number of aryl methyl sites for hydroxylation is 2. The van der Waals surface area contributed by atoms with Crippen molar-refractivity contribution in [1.29, 1.82) is 0 Å². The highest BCUT2D eigenvalue weighted by molar-refractivity contribution is 7.13. The molecule has 2 aromatic heterocycles. The first-order valence-electron chi connectivity index (χ1n) is 9.38. The highest BCUT2D eigenvalue weighted by Gasteiger charge is 2.49. The lowest BCUT2D eigenvalue weighted by molar-refractivity contribution is 0.0419. The number of carbonyl (C=O) groups excluding carboxylic acids is 1. The Hall–Kier alpha value is -2.06. The number of thiazole rings is 1. The van der Waals surface area contributed by atoms with Gasteiger partial charge in [0.1, 0.15) is 4.88 Å². The van der Waals surface area contributed by atoms with E-state index in [4.69, 9.17) is 0 Å². The summed E-state index contributed by atoms with van der Waals surface area (Å²) < 4.78 is 0. The molecule has 4 rings (SSSR count). The minimum Gasteiger partial charge on any atom is -0.396 e. The monoisotopic (exact) mass is 387 g/mol. The van der Waals surface area contributed by atoms with Crippen molar-refractivity contribution in [1.82, 2.24) is 19.9 Å². The van der Waals surface area contributed by atoms with Crippen molar-refractivity contribution in [3.8, 4) is 0 Å². The summed E-state index contributed by atoms with van der Waals surface area (Å²) in [6.45, 7) is 7.03. The zero-order valence-corrected chi connectivity index (χ0v) is 16.6. The Balaban J connectivity index is 1.47. The zero-order valence-electron chi connectivity index (χ0n) is 15.8. The Kier molecular flexibility index (Phi) is 4.86. The molecule has 8 heteroatoms. The molecule has 0 radical (unpaired) electrons. The SMILES string of the molecule is Cc1nc(C)c(C(=O)N2CCC3(CC2)CN(c2ncccn2)CC3CO)s1. The summed E-state index contributed by atoms with van der Waals surface area (Å²) in [6.07, 6.45) is 5.29. The third kappa shape index (κ3) is 3.32. The Morgan fingerprint density at radius 3 is 2.59 bits per heavy atom. The molecule has 2 saturated heterocycles. The predicted molar refractivity (Wildman–Crippen MR) is 104 cm³/mol. The van der Waals surface area contributed by atoms with E-state index in [1.807, 2.05) is 24.8 Å². The molecule has 1 unspecified atom stereocenters. The van der Waals surface area contributed by atoms with Crippen LogP contribution in [0.2, 0.25) is 0 Å². The number of anilines is 1. The number of aliphatic hydroxyl groups is 1. The molecule has 0 bridgehead atoms. The first-order chi connectivity index (χ1) is 13.0. The van der Waals surface area contributed by atoms with Crippen molar-refractivity contribution in [2.75, 3.05) is 37.7 Å². The molecule has 1 amide bonds. The quantitative estimate of drug-likeness (QED) is 0.866. The van der Waals surface area contributed by atoms with E-state index in [9.17, 15) is 9.90 Å². The molecular weight excluding hydrogens is 362 g/mol. The molecule has 27 heavy (non-hydrogen) atoms. The predicted octanol–water partition coefficient (Wildman–Crippen LogP) is 1.90. The van der Waals surface area contributed by atoms with Crippen LogP contribution in [0.3, 0.4) is 0 Å². The molecule has 2 aliphatic rings. The van der Waals surface area contributed by atoms with Crippen LogP contribution in [-0.4, -0.2) is 63.7 Å². The molecule has 2 fully saturated rings. The van der Waals surface area contributed by atoms with Crippen LogP contribution in [0.5, 0.6) is 0 Å². The Morgan fingerprint density at radius 2 is 2.00 bits per heavy atom. The fourth-order valence-corrected chi connectivity index (χ4v) is 5.37. The molecule has 1 N–H and O–H groups in total. The van der Waals surface area contributed by atoms with Crippen LogP contribution < -0.4 is 4.90 Å². The number of carbonyl (C=O) groups is 1. The maximum atomic E-state index is 12.9. The normalized spacial score (nSPS) is 21.8. The molecule has 7 nitrogen and oxygen atoms in total. The summed E-state index contributed by atoms with van der Waals surface area (Å²) in [4.78, 5) is 30.9. The van der Waals surface area contributed by atoms with Gasteiger partial charge in [-0.25, -0.2) is 15.0 Å². The number of hydrogen-bond donors (Lipinski definition) is 1. The van der Waals surface area contributed by atoms with E-state index < -0.39 is 0 Å². The van der Waals surface area contributed by atoms with Crippen molar-refractivity contribution in [3.63, 3.8) is 0 Å². The first-order valence-corrected chi connectivity index (χ1v) is 10.2. The number of aliphatic hydroxyl groups excluding tert-OH is 1. The largest absolute Gasteiger partial charge is 0.396 e. The average Bonchev–Trinajstić information content (AvgIpc) is 3.22. The summed E-state index contributed by atoms with van der Waals surface area (Å²) in [5, 5.41) is 10.9. The third-order valence-electron chi connectivity index (χ3n) is 6.01. The number of amides is 1. The van der Waals surface area contributed by atoms with Gasteiger partial charge in [-0.3, -0.25) is 4.79 Å². The zero-order chi connectivity index (χ0) is 19.0. The number of nitrogens with zero attached hydrogens (tertiary/aromatic N) is 5. The van der Waals surface area contributed by atoms with Gasteiger partial charge in [-0.15, -0.1) is 11.3 Å². The smallest absolute Gasteiger partial charge is 0.265 e. The molecule has 144 valence electrons. The third-order valence-corrected chi connectivity index (χ3v) is 7.07. The second kappa shape index (κ2) is 7.16. The first kappa shape index (κ1) is 18.3. The topological polar surface area (TPSA) is 82.5 Å². The Bertz CT molecular complexity index is 817. The van der Waals surface area contributed by atoms with Crippen LogP contribution in [0, 0.1) is 25.2 Å². The lowest BCUT2D eigenvalue weighted by Crippen LogP contribution is -2.47. The Morgan fingerprint density at radius 1 is 1.30 bits per heavy atom. The van der Waals surface area contributed by atoms with Gasteiger partial charge >= 0.3 is 0 Å². The van der Waals surface area contributed by atoms with Crippen LogP contribution in [0.4, 0.5) is 5.95 Å². The van der Waals surface area contributed by atoms with E-state index in [1.165, 1.54) is 11.3 Å². The van der Waals surface area contributed by atoms with Gasteiger partial charge in [0.25, 0.3) is 5.91 Å². The maximum absolute atomic E-state index is 12.9. The standard InChI is InChI=1S/C19H25N5O2S/c1-13-16(27-14(2)22-13)17(26)23-8-4-19(5-9-23)12-24(10-15(19)11-25)18-20-6-3-7-21-18/h3,6-7,15,25H,4-5,8-12H2,1-2H3. The van der Waals surface area contributed by atoms with Gasteiger partial charge in [-0.05, 0) is 38.2 Å². The van der Waals surface area contributed by atoms with Crippen molar-refractivity contribution in [2.24, 2.45) is 11.3 Å². The lowest BCUT2D eigenvalue weighted by Gasteiger charge is -2.42. The molecule has 2 aliphatic heterocycles. The Labute approximate surface area is 163 Å². The summed E-state index contributed by atoms with van der Waals surface area (Å²) in [6, 6.07) is 1.81. The average molecular weight is 388 g/mol. The van der Waals surface area contributed by atoms with Gasteiger partial charge in [0.2, 0.25) is 5.95 Å². The molecular formula is C19H25N5O2S. The van der Waals surface area contributed by atoms with Crippen molar-refractivity contribution in [2.45, 2.75) is 26.7 Å². The van der Waals surface area contributed by atoms with Gasteiger partial charge in [-0.1, -0.05) is 0 Å². The minimum absolute atomic E-state index is 0.0173. The van der Waals surface area contributed by atoms with Crippen molar-refractivity contribution >= 4 is 23.2 Å². The van der Waals surface area contributed by atoms with Gasteiger partial charge in [0, 0.05) is 51.1 Å². The van der Waals surface area contributed by atoms with E-state index in [-0.39, 0.29) is 23.8 Å². The van der Waals surface area contributed by atoms with Gasteiger partial charge in [0.05, 0.1) is 10.7 Å². The van der Waals surface area contributed by atoms with E-state index in [1.54, 1.807) is 12.4 Å². The second-order valence-corrected chi connectivity index (χ2v) is 8.81. The van der Waals surface area contributed by atoms with Gasteiger partial charge in [0.15, 0.2) is 0 Å². The summed E-state index contributed by atoms with van der Waals surface area (Å²) in [5.74, 6) is 1.00. The summed E-state index contributed by atoms with van der Waals surface area (Å²) in [7, 11) is 0. The fraction of sp³-hybridized carbons (Fsp3) is 0.579. The molecule has 1 spiro atoms. The van der Waals surface area contributed by atoms with Crippen LogP contribution in [0.25, 0.3) is 0 Å². The summed E-state index contributed by atoms with van der Waals surface area (Å²) in [5.41, 5.74) is 0.841. The molecule has 0 aliphatic carbocycles. The minimum atomic E-state index is 0.0173. The van der Waals surface area contributed by atoms with E-state index >= 15 is 0 Å². The number of hydrogen-bond acceptors (Lipinski definition) is 7. The van der Waals surface area contributed by atoms with Gasteiger partial charge in [-0.2, -0.15) is 0 Å². The maximum Gasteiger partial charge on any atom is 0.265 e. The highest BCUT2D eigenvalue weighted by Crippen LogP contribution is 2.45. The van der Waals surface area contributed by atoms with Crippen LogP contribution in [0.1, 0.15) is 33.2 Å². The number of aromatic nitrogens is 3. The highest BCUT2D eigenvalue weighted by atomic mass is 32.1. The van der Waals surface area contributed by atoms with E-state index in [0.717, 1.165) is 60.5 Å². The van der Waals surface area contributed by atoms with Crippen LogP contribution >= 0.6 is 11.3 Å². The van der Waals surface area contributed by atoms with Gasteiger partial charge < -0.3 is 14.9 Å². The van der Waals surface area contributed by atoms with Crippen molar-refractivity contribution in [3.05, 3.63) is 34.0 Å². The van der Waals surface area contributed by atoms with E-state index in [2.05, 4.69) is 19.9 Å². The number of likely N-dealkylation sites (tertiary alicyclic amines) is 1. The van der Waals surface area contributed by atoms with Crippen LogP contribution in [0.15, 0.2) is 18.5 Å². The fourth-order valence-electron chi connectivity index (χ4n) is 4.49. The molecule has 2 aromatic rings. The van der Waals surface area contributed by atoms with Crippen LogP contribution in [-0.2, 0) is 0 Å². The second-order valence-electron chi connectivity index (χ2n) is 7.61. The number of rotatable bonds is 3. The molecule has 0 saturated carbocycles. The molecule has 1 atom stereocenters. The molecule has 4 heterocycles. The summed E-state index contributed by atoms with van der Waals surface area (Å²) >= 11 is 1.48. The molecule has 0 aromatic carbocycles. The van der Waals surface area contributed by atoms with E-state index in [0.29, 0.717) is 0 Å². The van der Waals surface area contributed by atoms with Crippen molar-refractivity contribution < 1.29 is 9.90 Å².